The van der Waals surface area contributed by atoms with Gasteiger partial charge in [0.15, 0.2) is 0 Å². The molecule has 0 saturated heterocycles. The van der Waals surface area contributed by atoms with E-state index in [1.807, 2.05) is 77.1 Å². The molecule has 9 heteroatoms. The van der Waals surface area contributed by atoms with Crippen LogP contribution in [0.3, 0.4) is 0 Å². The number of carbonyl (C=O) groups is 2. The molecule has 0 spiro atoms. The van der Waals surface area contributed by atoms with Gasteiger partial charge in [-0.05, 0) is 93.3 Å². The Hall–Kier alpha value is -4.14. The van der Waals surface area contributed by atoms with E-state index in [1.165, 1.54) is 17.0 Å². The van der Waals surface area contributed by atoms with Crippen LogP contribution >= 0.6 is 11.6 Å². The van der Waals surface area contributed by atoms with Gasteiger partial charge in [-0.15, -0.1) is 0 Å². The highest BCUT2D eigenvalue weighted by Crippen LogP contribution is 2.27. The van der Waals surface area contributed by atoms with Gasteiger partial charge in [0.1, 0.15) is 12.6 Å². The number of halogens is 1. The molecule has 4 rings (SSSR count). The minimum atomic E-state index is -4.16. The second-order valence-corrected chi connectivity index (χ2v) is 14.5. The molecule has 4 aromatic carbocycles. The SMILES string of the molecule is Cc1ccc(N(CC(=O)N(Cc2cccc(Cl)c2)[C@@H](Cc2ccccc2)C(=O)NC(C)(C)C)S(=O)(=O)c2ccccc2)cc1C. The van der Waals surface area contributed by atoms with Gasteiger partial charge < -0.3 is 10.2 Å². The fourth-order valence-electron chi connectivity index (χ4n) is 4.97. The van der Waals surface area contributed by atoms with Crippen molar-refractivity contribution < 1.29 is 18.0 Å². The first-order valence-corrected chi connectivity index (χ1v) is 16.6. The van der Waals surface area contributed by atoms with Crippen molar-refractivity contribution in [2.75, 3.05) is 10.8 Å². The molecule has 0 unspecified atom stereocenters. The zero-order valence-corrected chi connectivity index (χ0v) is 27.9. The first kappa shape index (κ1) is 33.7. The van der Waals surface area contributed by atoms with Crippen LogP contribution in [0.1, 0.15) is 43.0 Å². The first-order valence-electron chi connectivity index (χ1n) is 14.8. The Morgan fingerprint density at radius 3 is 2.02 bits per heavy atom. The average molecular weight is 646 g/mol. The second-order valence-electron chi connectivity index (χ2n) is 12.2. The number of amides is 2. The number of anilines is 1. The van der Waals surface area contributed by atoms with E-state index < -0.39 is 34.1 Å². The van der Waals surface area contributed by atoms with E-state index in [4.69, 9.17) is 11.6 Å². The summed E-state index contributed by atoms with van der Waals surface area (Å²) in [6.07, 6.45) is 0.226. The topological polar surface area (TPSA) is 86.8 Å². The van der Waals surface area contributed by atoms with Gasteiger partial charge >= 0.3 is 0 Å². The van der Waals surface area contributed by atoms with Crippen LogP contribution < -0.4 is 9.62 Å². The van der Waals surface area contributed by atoms with Crippen molar-refractivity contribution in [3.63, 3.8) is 0 Å². The first-order chi connectivity index (χ1) is 21.2. The number of nitrogens with one attached hydrogen (secondary N) is 1. The van der Waals surface area contributed by atoms with E-state index in [0.29, 0.717) is 16.3 Å². The molecular weight excluding hydrogens is 606 g/mol. The van der Waals surface area contributed by atoms with Gasteiger partial charge in [0, 0.05) is 23.5 Å². The summed E-state index contributed by atoms with van der Waals surface area (Å²) >= 11 is 6.32. The van der Waals surface area contributed by atoms with Gasteiger partial charge in [0.2, 0.25) is 11.8 Å². The van der Waals surface area contributed by atoms with Gasteiger partial charge in [-0.3, -0.25) is 13.9 Å². The molecular formula is C36H40ClN3O4S. The molecule has 4 aromatic rings. The Kier molecular flexibility index (Phi) is 10.7. The van der Waals surface area contributed by atoms with Crippen molar-refractivity contribution >= 4 is 39.1 Å². The van der Waals surface area contributed by atoms with Crippen LogP contribution in [0.25, 0.3) is 0 Å². The fourth-order valence-corrected chi connectivity index (χ4v) is 6.61. The molecule has 0 saturated carbocycles. The molecule has 0 aliphatic heterocycles. The molecule has 0 radical (unpaired) electrons. The summed E-state index contributed by atoms with van der Waals surface area (Å²) in [6.45, 7) is 8.99. The normalized spacial score (nSPS) is 12.3. The van der Waals surface area contributed by atoms with Crippen molar-refractivity contribution in [1.82, 2.24) is 10.2 Å². The maximum Gasteiger partial charge on any atom is 0.264 e. The zero-order valence-electron chi connectivity index (χ0n) is 26.3. The number of nitrogens with zero attached hydrogens (tertiary/aromatic N) is 2. The van der Waals surface area contributed by atoms with E-state index in [9.17, 15) is 18.0 Å². The lowest BCUT2D eigenvalue weighted by Crippen LogP contribution is -2.56. The molecule has 0 bridgehead atoms. The van der Waals surface area contributed by atoms with Crippen LogP contribution in [0.15, 0.2) is 108 Å². The van der Waals surface area contributed by atoms with Gasteiger partial charge in [0.05, 0.1) is 10.6 Å². The smallest absolute Gasteiger partial charge is 0.264 e. The predicted molar refractivity (Wildman–Crippen MR) is 181 cm³/mol. The lowest BCUT2D eigenvalue weighted by atomic mass is 10.0. The highest BCUT2D eigenvalue weighted by Gasteiger charge is 2.35. The molecule has 0 heterocycles. The number of benzene rings is 4. The summed E-state index contributed by atoms with van der Waals surface area (Å²) in [5.74, 6) is -0.872. The Labute approximate surface area is 271 Å². The van der Waals surface area contributed by atoms with E-state index in [1.54, 1.807) is 48.5 Å². The Morgan fingerprint density at radius 1 is 0.800 bits per heavy atom. The van der Waals surface area contributed by atoms with E-state index in [0.717, 1.165) is 21.0 Å². The Morgan fingerprint density at radius 2 is 1.42 bits per heavy atom. The van der Waals surface area contributed by atoms with Crippen LogP contribution in [0.5, 0.6) is 0 Å². The van der Waals surface area contributed by atoms with E-state index >= 15 is 0 Å². The van der Waals surface area contributed by atoms with Gasteiger partial charge in [0.25, 0.3) is 10.0 Å². The van der Waals surface area contributed by atoms with Gasteiger partial charge in [-0.25, -0.2) is 8.42 Å². The molecule has 0 aromatic heterocycles. The van der Waals surface area contributed by atoms with Crippen LogP contribution in [0.2, 0.25) is 5.02 Å². The maximum atomic E-state index is 14.6. The number of sulfonamides is 1. The lowest BCUT2D eigenvalue weighted by Gasteiger charge is -2.35. The van der Waals surface area contributed by atoms with E-state index in [2.05, 4.69) is 5.32 Å². The monoisotopic (exact) mass is 645 g/mol. The summed E-state index contributed by atoms with van der Waals surface area (Å²) in [7, 11) is -4.16. The van der Waals surface area contributed by atoms with Crippen molar-refractivity contribution in [1.29, 1.82) is 0 Å². The number of hydrogen-bond acceptors (Lipinski definition) is 4. The molecule has 7 nitrogen and oxygen atoms in total. The third-order valence-corrected chi connectivity index (χ3v) is 9.42. The van der Waals surface area contributed by atoms with Crippen LogP contribution in [0, 0.1) is 13.8 Å². The Bertz CT molecular complexity index is 1740. The molecule has 0 aliphatic carbocycles. The Balaban J connectivity index is 1.83. The summed E-state index contributed by atoms with van der Waals surface area (Å²) in [6, 6.07) is 28.9. The fraction of sp³-hybridized carbons (Fsp3) is 0.278. The zero-order chi connectivity index (χ0) is 32.8. The second kappa shape index (κ2) is 14.3. The summed E-state index contributed by atoms with van der Waals surface area (Å²) in [4.78, 5) is 30.0. The van der Waals surface area contributed by atoms with Crippen molar-refractivity contribution in [2.24, 2.45) is 0 Å². The molecule has 45 heavy (non-hydrogen) atoms. The predicted octanol–water partition coefficient (Wildman–Crippen LogP) is 6.71. The molecule has 236 valence electrons. The van der Waals surface area contributed by atoms with E-state index in [-0.39, 0.29) is 23.8 Å². The summed E-state index contributed by atoms with van der Waals surface area (Å²) in [5.41, 5.74) is 3.23. The molecule has 2 amide bonds. The molecule has 0 fully saturated rings. The van der Waals surface area contributed by atoms with Gasteiger partial charge in [-0.1, -0.05) is 78.3 Å². The molecule has 1 N–H and O–H groups in total. The third-order valence-electron chi connectivity index (χ3n) is 7.40. The quantitative estimate of drug-likeness (QED) is 0.197. The van der Waals surface area contributed by atoms with Crippen LogP contribution in [-0.4, -0.2) is 43.3 Å². The maximum absolute atomic E-state index is 14.6. The van der Waals surface area contributed by atoms with Crippen LogP contribution in [-0.2, 0) is 32.6 Å². The molecule has 1 atom stereocenters. The van der Waals surface area contributed by atoms with Crippen molar-refractivity contribution in [3.05, 3.63) is 130 Å². The van der Waals surface area contributed by atoms with Gasteiger partial charge in [-0.2, -0.15) is 0 Å². The highest BCUT2D eigenvalue weighted by atomic mass is 35.5. The molecule has 0 aliphatic rings. The minimum Gasteiger partial charge on any atom is -0.350 e. The summed E-state index contributed by atoms with van der Waals surface area (Å²) in [5, 5.41) is 3.52. The number of hydrogen-bond donors (Lipinski definition) is 1. The number of rotatable bonds is 11. The lowest BCUT2D eigenvalue weighted by molar-refractivity contribution is -0.140. The van der Waals surface area contributed by atoms with Crippen molar-refractivity contribution in [3.8, 4) is 0 Å². The number of carbonyl (C=O) groups excluding carboxylic acids is 2. The summed E-state index contributed by atoms with van der Waals surface area (Å²) < 4.78 is 29.4. The van der Waals surface area contributed by atoms with Crippen LogP contribution in [0.4, 0.5) is 5.69 Å². The van der Waals surface area contributed by atoms with Crippen molar-refractivity contribution in [2.45, 2.75) is 64.1 Å². The highest BCUT2D eigenvalue weighted by molar-refractivity contribution is 7.92. The largest absolute Gasteiger partial charge is 0.350 e. The third kappa shape index (κ3) is 8.96. The average Bonchev–Trinajstić information content (AvgIpc) is 2.99. The standard InChI is InChI=1S/C36H40ClN3O4S/c1-26-19-20-31(21-27(26)2)40(45(43,44)32-17-10-7-11-18-32)25-34(41)39(24-29-15-12-16-30(37)22-29)33(35(42)38-36(3,4)5)23-28-13-8-6-9-14-28/h6-22,33H,23-25H2,1-5H3,(H,38,42)/t33-/m0/s1. The number of aryl methyl sites for hydroxylation is 2. The minimum absolute atomic E-state index is 0.0423.